The average molecular weight is 480 g/mol. The van der Waals surface area contributed by atoms with E-state index in [0.29, 0.717) is 27.4 Å². The number of amides is 1. The lowest BCUT2D eigenvalue weighted by atomic mass is 10.2. The van der Waals surface area contributed by atoms with E-state index in [4.69, 9.17) is 39.5 Å². The van der Waals surface area contributed by atoms with E-state index >= 15 is 0 Å². The molecular weight excluding hydrogens is 463 g/mol. The van der Waals surface area contributed by atoms with Crippen molar-refractivity contribution in [2.75, 3.05) is 5.75 Å². The molecule has 3 aromatic carbocycles. The predicted octanol–water partition coefficient (Wildman–Crippen LogP) is 6.47. The van der Waals surface area contributed by atoms with Crippen LogP contribution in [0.25, 0.3) is 0 Å². The highest BCUT2D eigenvalue weighted by atomic mass is 35.5. The second kappa shape index (κ2) is 11.3. The largest absolute Gasteiger partial charge is 0.489 e. The number of carbonyl (C=O) groups excluding carboxylic acids is 1. The number of ether oxygens (including phenoxy) is 1. The molecule has 0 radical (unpaired) electrons. The molecule has 0 aromatic heterocycles. The molecule has 0 spiro atoms. The SMILES string of the molecule is O=C(CSc1ccc(Cl)cc1)NN=Cc1ccc(OCc2ccc(Cl)c(Cl)c2)cc1. The van der Waals surface area contributed by atoms with Crippen molar-refractivity contribution in [1.29, 1.82) is 0 Å². The molecule has 3 rings (SSSR count). The van der Waals surface area contributed by atoms with Crippen LogP contribution in [0.4, 0.5) is 0 Å². The summed E-state index contributed by atoms with van der Waals surface area (Å²) in [4.78, 5) is 12.9. The minimum atomic E-state index is -0.187. The molecule has 8 heteroatoms. The van der Waals surface area contributed by atoms with E-state index in [1.165, 1.54) is 11.8 Å². The zero-order valence-electron chi connectivity index (χ0n) is 15.6. The first-order valence-corrected chi connectivity index (χ1v) is 11.0. The number of nitrogens with one attached hydrogen (secondary N) is 1. The first-order chi connectivity index (χ1) is 14.5. The molecule has 154 valence electrons. The Morgan fingerprint density at radius 2 is 1.70 bits per heavy atom. The van der Waals surface area contributed by atoms with E-state index in [1.54, 1.807) is 30.5 Å². The van der Waals surface area contributed by atoms with Crippen molar-refractivity contribution in [3.05, 3.63) is 92.9 Å². The standard InChI is InChI=1S/C22H17Cl3N2O2S/c23-17-4-8-19(9-5-17)30-14-22(28)27-26-12-15-1-6-18(7-2-15)29-13-16-3-10-20(24)21(25)11-16/h1-12H,13-14H2,(H,27,28). The fraction of sp³-hybridized carbons (Fsp3) is 0.0909. The Balaban J connectivity index is 1.42. The number of carbonyl (C=O) groups is 1. The molecule has 0 unspecified atom stereocenters. The molecule has 0 atom stereocenters. The predicted molar refractivity (Wildman–Crippen MR) is 125 cm³/mol. The second-order valence-corrected chi connectivity index (χ2v) is 8.44. The first kappa shape index (κ1) is 22.5. The minimum absolute atomic E-state index is 0.187. The highest BCUT2D eigenvalue weighted by Crippen LogP contribution is 2.23. The van der Waals surface area contributed by atoms with Gasteiger partial charge in [0.25, 0.3) is 0 Å². The highest BCUT2D eigenvalue weighted by Gasteiger charge is 2.03. The molecule has 0 bridgehead atoms. The van der Waals surface area contributed by atoms with Crippen molar-refractivity contribution >= 4 is 58.7 Å². The van der Waals surface area contributed by atoms with Crippen LogP contribution in [0.2, 0.25) is 15.1 Å². The fourth-order valence-electron chi connectivity index (χ4n) is 2.34. The maximum absolute atomic E-state index is 11.9. The maximum atomic E-state index is 11.9. The van der Waals surface area contributed by atoms with Crippen LogP contribution >= 0.6 is 46.6 Å². The summed E-state index contributed by atoms with van der Waals surface area (Å²) in [6, 6.07) is 20.1. The van der Waals surface area contributed by atoms with Crippen LogP contribution in [0, 0.1) is 0 Å². The molecule has 1 amide bonds. The molecule has 0 heterocycles. The first-order valence-electron chi connectivity index (χ1n) is 8.87. The Morgan fingerprint density at radius 3 is 2.40 bits per heavy atom. The van der Waals surface area contributed by atoms with Crippen molar-refractivity contribution in [1.82, 2.24) is 5.43 Å². The molecule has 0 saturated carbocycles. The summed E-state index contributed by atoms with van der Waals surface area (Å²) in [7, 11) is 0. The summed E-state index contributed by atoms with van der Waals surface area (Å²) < 4.78 is 5.74. The summed E-state index contributed by atoms with van der Waals surface area (Å²) in [5.41, 5.74) is 4.27. The monoisotopic (exact) mass is 478 g/mol. The third-order valence-corrected chi connectivity index (χ3v) is 5.86. The average Bonchev–Trinajstić information content (AvgIpc) is 2.75. The van der Waals surface area contributed by atoms with Gasteiger partial charge in [-0.05, 0) is 71.8 Å². The molecule has 0 aliphatic rings. The lowest BCUT2D eigenvalue weighted by Gasteiger charge is -2.07. The molecule has 4 nitrogen and oxygen atoms in total. The zero-order valence-corrected chi connectivity index (χ0v) is 18.7. The van der Waals surface area contributed by atoms with Gasteiger partial charge < -0.3 is 4.74 Å². The number of thioether (sulfide) groups is 1. The topological polar surface area (TPSA) is 50.7 Å². The lowest BCUT2D eigenvalue weighted by Crippen LogP contribution is -2.19. The summed E-state index contributed by atoms with van der Waals surface area (Å²) in [6.07, 6.45) is 1.58. The molecule has 0 aliphatic carbocycles. The summed E-state index contributed by atoms with van der Waals surface area (Å²) >= 11 is 19.2. The second-order valence-electron chi connectivity index (χ2n) is 6.14. The van der Waals surface area contributed by atoms with E-state index in [-0.39, 0.29) is 11.7 Å². The van der Waals surface area contributed by atoms with E-state index < -0.39 is 0 Å². The zero-order chi connectivity index (χ0) is 21.3. The molecular formula is C22H17Cl3N2O2S. The Bertz CT molecular complexity index is 1030. The van der Waals surface area contributed by atoms with Crippen LogP contribution in [0.5, 0.6) is 5.75 Å². The van der Waals surface area contributed by atoms with Gasteiger partial charge in [-0.1, -0.05) is 40.9 Å². The maximum Gasteiger partial charge on any atom is 0.250 e. The Labute approximate surface area is 194 Å². The summed E-state index contributed by atoms with van der Waals surface area (Å²) in [5.74, 6) is 0.787. The van der Waals surface area contributed by atoms with E-state index in [9.17, 15) is 4.79 Å². The third kappa shape index (κ3) is 7.26. The minimum Gasteiger partial charge on any atom is -0.489 e. The number of hydrogen-bond acceptors (Lipinski definition) is 4. The van der Waals surface area contributed by atoms with Gasteiger partial charge in [0.05, 0.1) is 22.0 Å². The number of halogens is 3. The quantitative estimate of drug-likeness (QED) is 0.229. The van der Waals surface area contributed by atoms with Crippen LogP contribution in [0.15, 0.2) is 76.7 Å². The van der Waals surface area contributed by atoms with Crippen molar-refractivity contribution < 1.29 is 9.53 Å². The highest BCUT2D eigenvalue weighted by molar-refractivity contribution is 8.00. The van der Waals surface area contributed by atoms with Crippen molar-refractivity contribution in [2.24, 2.45) is 5.10 Å². The third-order valence-electron chi connectivity index (χ3n) is 3.86. The molecule has 3 aromatic rings. The van der Waals surface area contributed by atoms with Gasteiger partial charge in [0, 0.05) is 9.92 Å². The lowest BCUT2D eigenvalue weighted by molar-refractivity contribution is -0.118. The van der Waals surface area contributed by atoms with Gasteiger partial charge in [-0.15, -0.1) is 11.8 Å². The Hall–Kier alpha value is -2.18. The Kier molecular flexibility index (Phi) is 8.46. The normalized spacial score (nSPS) is 10.9. The number of hydrogen-bond donors (Lipinski definition) is 1. The van der Waals surface area contributed by atoms with Crippen LogP contribution in [-0.4, -0.2) is 17.9 Å². The van der Waals surface area contributed by atoms with E-state index in [1.807, 2.05) is 42.5 Å². The number of hydrazone groups is 1. The van der Waals surface area contributed by atoms with Crippen LogP contribution in [0.1, 0.15) is 11.1 Å². The van der Waals surface area contributed by atoms with Crippen LogP contribution in [-0.2, 0) is 11.4 Å². The van der Waals surface area contributed by atoms with E-state index in [2.05, 4.69) is 10.5 Å². The molecule has 1 N–H and O–H groups in total. The summed E-state index contributed by atoms with van der Waals surface area (Å²) in [5, 5.41) is 5.66. The number of rotatable bonds is 8. The van der Waals surface area contributed by atoms with Crippen molar-refractivity contribution in [3.8, 4) is 5.75 Å². The molecule has 0 aliphatic heterocycles. The van der Waals surface area contributed by atoms with Gasteiger partial charge in [-0.2, -0.15) is 5.10 Å². The molecule has 0 fully saturated rings. The van der Waals surface area contributed by atoms with Crippen LogP contribution < -0.4 is 10.2 Å². The van der Waals surface area contributed by atoms with Gasteiger partial charge in [-0.25, -0.2) is 5.43 Å². The molecule has 30 heavy (non-hydrogen) atoms. The summed E-state index contributed by atoms with van der Waals surface area (Å²) in [6.45, 7) is 0.381. The fourth-order valence-corrected chi connectivity index (χ4v) is 3.47. The van der Waals surface area contributed by atoms with E-state index in [0.717, 1.165) is 16.0 Å². The van der Waals surface area contributed by atoms with Gasteiger partial charge in [0.15, 0.2) is 0 Å². The Morgan fingerprint density at radius 1 is 0.967 bits per heavy atom. The number of benzene rings is 3. The van der Waals surface area contributed by atoms with Crippen molar-refractivity contribution in [3.63, 3.8) is 0 Å². The van der Waals surface area contributed by atoms with Gasteiger partial charge in [0.2, 0.25) is 5.91 Å². The van der Waals surface area contributed by atoms with Crippen molar-refractivity contribution in [2.45, 2.75) is 11.5 Å². The molecule has 0 saturated heterocycles. The smallest absolute Gasteiger partial charge is 0.250 e. The van der Waals surface area contributed by atoms with Crippen LogP contribution in [0.3, 0.4) is 0 Å². The number of nitrogens with zero attached hydrogens (tertiary/aromatic N) is 1. The van der Waals surface area contributed by atoms with Gasteiger partial charge in [-0.3, -0.25) is 4.79 Å². The van der Waals surface area contributed by atoms with Gasteiger partial charge >= 0.3 is 0 Å². The van der Waals surface area contributed by atoms with Gasteiger partial charge in [0.1, 0.15) is 12.4 Å².